The Labute approximate surface area is 247 Å². The minimum Gasteiger partial charge on any atom is -0.493 e. The molecule has 0 atom stereocenters. The van der Waals surface area contributed by atoms with Crippen molar-refractivity contribution in [3.05, 3.63) is 115 Å². The lowest BCUT2D eigenvalue weighted by molar-refractivity contribution is 0.311. The number of methoxy groups -OCH3 is 1. The van der Waals surface area contributed by atoms with E-state index in [0.29, 0.717) is 33.4 Å². The zero-order valence-electron chi connectivity index (χ0n) is 22.2. The molecule has 0 radical (unpaired) electrons. The van der Waals surface area contributed by atoms with Gasteiger partial charge in [-0.05, 0) is 61.0 Å². The zero-order valence-corrected chi connectivity index (χ0v) is 24.6. The van der Waals surface area contributed by atoms with Crippen LogP contribution in [0.3, 0.4) is 0 Å². The topological polar surface area (TPSA) is 83.5 Å². The second kappa shape index (κ2) is 11.5. The number of aromatic nitrogens is 5. The molecule has 0 fully saturated rings. The summed E-state index contributed by atoms with van der Waals surface area (Å²) in [6.07, 6.45) is 7.43. The van der Waals surface area contributed by atoms with Crippen molar-refractivity contribution in [2.45, 2.75) is 6.92 Å². The van der Waals surface area contributed by atoms with Gasteiger partial charge in [-0.3, -0.25) is 4.79 Å². The van der Waals surface area contributed by atoms with Crippen molar-refractivity contribution in [1.82, 2.24) is 24.4 Å². The Morgan fingerprint density at radius 2 is 1.78 bits per heavy atom. The van der Waals surface area contributed by atoms with Gasteiger partial charge in [0, 0.05) is 21.8 Å². The number of nitrogens with zero attached hydrogens (tertiary/aromatic N) is 5. The van der Waals surface area contributed by atoms with Crippen LogP contribution in [0.25, 0.3) is 40.1 Å². The van der Waals surface area contributed by atoms with E-state index in [4.69, 9.17) is 14.6 Å². The summed E-state index contributed by atoms with van der Waals surface area (Å²) in [6.45, 7) is 2.48. The molecule has 0 saturated carbocycles. The fourth-order valence-corrected chi connectivity index (χ4v) is 5.50. The fourth-order valence-electron chi connectivity index (χ4n) is 4.33. The minimum atomic E-state index is -0.228. The van der Waals surface area contributed by atoms with E-state index in [1.54, 1.807) is 13.2 Å². The van der Waals surface area contributed by atoms with Gasteiger partial charge in [0.15, 0.2) is 17.3 Å². The van der Waals surface area contributed by atoms with Gasteiger partial charge in [-0.15, -0.1) is 5.10 Å². The minimum absolute atomic E-state index is 0.228. The van der Waals surface area contributed by atoms with E-state index in [2.05, 4.69) is 26.0 Å². The average Bonchev–Trinajstić information content (AvgIpc) is 3.68. The van der Waals surface area contributed by atoms with E-state index in [9.17, 15) is 4.79 Å². The Morgan fingerprint density at radius 1 is 0.976 bits per heavy atom. The van der Waals surface area contributed by atoms with Gasteiger partial charge in [0.1, 0.15) is 0 Å². The first-order chi connectivity index (χ1) is 20.0. The molecule has 3 aromatic heterocycles. The summed E-state index contributed by atoms with van der Waals surface area (Å²) in [5.74, 6) is 1.78. The van der Waals surface area contributed by atoms with Gasteiger partial charge in [0.05, 0.1) is 29.6 Å². The maximum atomic E-state index is 13.3. The average molecular weight is 627 g/mol. The largest absolute Gasteiger partial charge is 0.493 e. The molecule has 41 heavy (non-hydrogen) atoms. The summed E-state index contributed by atoms with van der Waals surface area (Å²) >= 11 is 4.79. The van der Waals surface area contributed by atoms with Crippen LogP contribution in [0.2, 0.25) is 0 Å². The molecule has 0 saturated heterocycles. The SMILES string of the molecule is CCOc1ccc(/C=C/c2nc3s/c(=C\c4cn(-c5ccccc5)nc4-c4ccc(Br)cc4)c(=O)n3n2)cc1OC. The third-order valence-electron chi connectivity index (χ3n) is 6.28. The predicted octanol–water partition coefficient (Wildman–Crippen LogP) is 5.89. The summed E-state index contributed by atoms with van der Waals surface area (Å²) in [5.41, 5.74) is 4.14. The van der Waals surface area contributed by atoms with Gasteiger partial charge >= 0.3 is 0 Å². The third-order valence-corrected chi connectivity index (χ3v) is 7.77. The van der Waals surface area contributed by atoms with E-state index in [-0.39, 0.29) is 5.56 Å². The van der Waals surface area contributed by atoms with E-state index in [0.717, 1.165) is 32.5 Å². The molecule has 0 aliphatic carbocycles. The van der Waals surface area contributed by atoms with Crippen LogP contribution >= 0.6 is 27.3 Å². The van der Waals surface area contributed by atoms with E-state index in [1.165, 1.54) is 15.9 Å². The van der Waals surface area contributed by atoms with Crippen molar-refractivity contribution in [2.24, 2.45) is 0 Å². The van der Waals surface area contributed by atoms with Gasteiger partial charge in [-0.1, -0.05) is 69.7 Å². The van der Waals surface area contributed by atoms with Crippen LogP contribution in [-0.4, -0.2) is 38.1 Å². The Bertz CT molecular complexity index is 1980. The van der Waals surface area contributed by atoms with Crippen LogP contribution in [0.15, 0.2) is 88.3 Å². The molecule has 0 spiro atoms. The molecule has 0 N–H and O–H groups in total. The number of hydrogen-bond acceptors (Lipinski definition) is 7. The van der Waals surface area contributed by atoms with Crippen molar-refractivity contribution in [3.63, 3.8) is 0 Å². The molecule has 8 nitrogen and oxygen atoms in total. The van der Waals surface area contributed by atoms with Gasteiger partial charge in [0.25, 0.3) is 5.56 Å². The van der Waals surface area contributed by atoms with Crippen LogP contribution in [0.4, 0.5) is 0 Å². The molecule has 6 aromatic rings. The number of benzene rings is 3. The van der Waals surface area contributed by atoms with Crippen molar-refractivity contribution < 1.29 is 9.47 Å². The Kier molecular flexibility index (Phi) is 7.49. The monoisotopic (exact) mass is 625 g/mol. The highest BCUT2D eigenvalue weighted by atomic mass is 79.9. The van der Waals surface area contributed by atoms with Crippen LogP contribution in [-0.2, 0) is 0 Å². The van der Waals surface area contributed by atoms with Crippen molar-refractivity contribution in [3.8, 4) is 28.4 Å². The number of hydrogen-bond donors (Lipinski definition) is 0. The molecule has 3 heterocycles. The number of rotatable bonds is 8. The smallest absolute Gasteiger partial charge is 0.291 e. The third kappa shape index (κ3) is 5.57. The second-order valence-corrected chi connectivity index (χ2v) is 10.9. The second-order valence-electron chi connectivity index (χ2n) is 8.98. The quantitative estimate of drug-likeness (QED) is 0.210. The van der Waals surface area contributed by atoms with E-state index >= 15 is 0 Å². The van der Waals surface area contributed by atoms with Gasteiger partial charge in [-0.25, -0.2) is 4.68 Å². The molecule has 0 unspecified atom stereocenters. The Hall–Kier alpha value is -4.54. The fraction of sp³-hybridized carbons (Fsp3) is 0.0968. The molecule has 3 aromatic carbocycles. The first kappa shape index (κ1) is 26.7. The standard InChI is InChI=1S/C31H24BrN5O3S/c1-3-40-25-15-9-20(17-26(25)39-2)10-16-28-33-31-37(34-28)30(38)27(41-31)18-22-19-36(24-7-5-4-6-8-24)35-29(22)21-11-13-23(32)14-12-21/h4-19H,3H2,1-2H3/b16-10+,27-18-. The van der Waals surface area contributed by atoms with Crippen LogP contribution in [0, 0.1) is 0 Å². The molecule has 204 valence electrons. The number of para-hydroxylation sites is 1. The summed E-state index contributed by atoms with van der Waals surface area (Å²) in [4.78, 5) is 18.4. The number of thiazole rings is 1. The summed E-state index contributed by atoms with van der Waals surface area (Å²) in [5, 5.41) is 9.29. The molecular formula is C31H24BrN5O3S. The predicted molar refractivity (Wildman–Crippen MR) is 166 cm³/mol. The Morgan fingerprint density at radius 3 is 2.51 bits per heavy atom. The van der Waals surface area contributed by atoms with Crippen molar-refractivity contribution in [1.29, 1.82) is 0 Å². The zero-order chi connectivity index (χ0) is 28.3. The Balaban J connectivity index is 1.35. The van der Waals surface area contributed by atoms with Crippen LogP contribution in [0.5, 0.6) is 11.5 Å². The highest BCUT2D eigenvalue weighted by Crippen LogP contribution is 2.29. The number of halogens is 1. The molecule has 0 amide bonds. The summed E-state index contributed by atoms with van der Waals surface area (Å²) < 4.78 is 15.7. The summed E-state index contributed by atoms with van der Waals surface area (Å²) in [7, 11) is 1.61. The molecule has 10 heteroatoms. The number of ether oxygens (including phenoxy) is 2. The lowest BCUT2D eigenvalue weighted by atomic mass is 10.1. The van der Waals surface area contributed by atoms with Gasteiger partial charge in [0.2, 0.25) is 4.96 Å². The van der Waals surface area contributed by atoms with Gasteiger partial charge < -0.3 is 9.47 Å². The van der Waals surface area contributed by atoms with E-state index < -0.39 is 0 Å². The maximum Gasteiger partial charge on any atom is 0.291 e. The van der Waals surface area contributed by atoms with Crippen molar-refractivity contribution >= 4 is 50.5 Å². The van der Waals surface area contributed by atoms with Crippen LogP contribution in [0.1, 0.15) is 23.9 Å². The highest BCUT2D eigenvalue weighted by molar-refractivity contribution is 9.10. The van der Waals surface area contributed by atoms with Gasteiger partial charge in [-0.2, -0.15) is 14.6 Å². The molecule has 0 bridgehead atoms. The first-order valence-electron chi connectivity index (χ1n) is 12.8. The lowest BCUT2D eigenvalue weighted by Crippen LogP contribution is -2.23. The maximum absolute atomic E-state index is 13.3. The molecule has 0 aliphatic rings. The number of fused-ring (bicyclic) bond motifs is 1. The molecule has 6 rings (SSSR count). The highest BCUT2D eigenvalue weighted by Gasteiger charge is 2.14. The summed E-state index contributed by atoms with van der Waals surface area (Å²) in [6, 6.07) is 23.5. The first-order valence-corrected chi connectivity index (χ1v) is 14.4. The van der Waals surface area contributed by atoms with Crippen LogP contribution < -0.4 is 19.6 Å². The van der Waals surface area contributed by atoms with Crippen molar-refractivity contribution in [2.75, 3.05) is 13.7 Å². The molecule has 0 aliphatic heterocycles. The normalized spacial score (nSPS) is 12.0. The lowest BCUT2D eigenvalue weighted by Gasteiger charge is -2.09. The van der Waals surface area contributed by atoms with E-state index in [1.807, 2.05) is 103 Å². The molecular weight excluding hydrogens is 602 g/mol.